The molecular formula is C16H15NO4. The molecule has 0 atom stereocenters. The van der Waals surface area contributed by atoms with Gasteiger partial charge in [-0.3, -0.25) is 9.59 Å². The number of rotatable bonds is 4. The maximum atomic E-state index is 12.1. The summed E-state index contributed by atoms with van der Waals surface area (Å²) < 4.78 is 9.96. The van der Waals surface area contributed by atoms with Crippen molar-refractivity contribution in [3.05, 3.63) is 54.1 Å². The Morgan fingerprint density at radius 3 is 2.00 bits per heavy atom. The summed E-state index contributed by atoms with van der Waals surface area (Å²) in [5, 5.41) is 2.77. The minimum absolute atomic E-state index is 0.241. The van der Waals surface area contributed by atoms with Gasteiger partial charge >= 0.3 is 5.97 Å². The molecule has 2 rings (SSSR count). The summed E-state index contributed by atoms with van der Waals surface area (Å²) in [4.78, 5) is 22.9. The van der Waals surface area contributed by atoms with E-state index in [0.717, 1.165) is 5.75 Å². The SMILES string of the molecule is COc1ccc(NC(=O)c2ccc(OC(C)=O)cc2)cc1. The van der Waals surface area contributed by atoms with E-state index in [9.17, 15) is 9.59 Å². The first-order valence-electron chi connectivity index (χ1n) is 6.32. The Morgan fingerprint density at radius 1 is 0.905 bits per heavy atom. The highest BCUT2D eigenvalue weighted by molar-refractivity contribution is 6.04. The van der Waals surface area contributed by atoms with Crippen LogP contribution in [0.1, 0.15) is 17.3 Å². The second-order valence-corrected chi connectivity index (χ2v) is 4.30. The van der Waals surface area contributed by atoms with E-state index in [1.54, 1.807) is 55.6 Å². The zero-order valence-corrected chi connectivity index (χ0v) is 11.8. The number of methoxy groups -OCH3 is 1. The summed E-state index contributed by atoms with van der Waals surface area (Å²) in [6.45, 7) is 1.32. The monoisotopic (exact) mass is 285 g/mol. The first-order valence-corrected chi connectivity index (χ1v) is 6.32. The molecule has 5 nitrogen and oxygen atoms in total. The first kappa shape index (κ1) is 14.6. The standard InChI is InChI=1S/C16H15NO4/c1-11(18)21-15-7-3-12(4-8-15)16(19)17-13-5-9-14(20-2)10-6-13/h3-10H,1-2H3,(H,17,19). The van der Waals surface area contributed by atoms with Crippen molar-refractivity contribution in [1.29, 1.82) is 0 Å². The van der Waals surface area contributed by atoms with Crippen molar-refractivity contribution in [3.8, 4) is 11.5 Å². The van der Waals surface area contributed by atoms with Crippen LogP contribution in [0, 0.1) is 0 Å². The lowest BCUT2D eigenvalue weighted by Gasteiger charge is -2.07. The topological polar surface area (TPSA) is 64.6 Å². The van der Waals surface area contributed by atoms with Crippen LogP contribution in [-0.2, 0) is 4.79 Å². The van der Waals surface area contributed by atoms with Crippen LogP contribution < -0.4 is 14.8 Å². The van der Waals surface area contributed by atoms with Gasteiger partial charge in [0.25, 0.3) is 5.91 Å². The number of amides is 1. The van der Waals surface area contributed by atoms with Gasteiger partial charge < -0.3 is 14.8 Å². The second kappa shape index (κ2) is 6.56. The van der Waals surface area contributed by atoms with E-state index < -0.39 is 5.97 Å². The zero-order valence-electron chi connectivity index (χ0n) is 11.8. The molecule has 0 aliphatic heterocycles. The molecule has 21 heavy (non-hydrogen) atoms. The molecule has 0 bridgehead atoms. The van der Waals surface area contributed by atoms with Crippen molar-refractivity contribution >= 4 is 17.6 Å². The van der Waals surface area contributed by atoms with Crippen LogP contribution >= 0.6 is 0 Å². The highest BCUT2D eigenvalue weighted by atomic mass is 16.5. The highest BCUT2D eigenvalue weighted by Gasteiger charge is 2.07. The Balaban J connectivity index is 2.03. The number of esters is 1. The molecule has 0 radical (unpaired) electrons. The number of ether oxygens (including phenoxy) is 2. The second-order valence-electron chi connectivity index (χ2n) is 4.30. The van der Waals surface area contributed by atoms with Gasteiger partial charge in [-0.1, -0.05) is 0 Å². The summed E-state index contributed by atoms with van der Waals surface area (Å²) in [5.74, 6) is 0.488. The molecule has 0 aromatic heterocycles. The van der Waals surface area contributed by atoms with Gasteiger partial charge in [-0.25, -0.2) is 0 Å². The van der Waals surface area contributed by atoms with Crippen molar-refractivity contribution in [3.63, 3.8) is 0 Å². The molecule has 0 spiro atoms. The van der Waals surface area contributed by atoms with Crippen LogP contribution in [0.25, 0.3) is 0 Å². The Morgan fingerprint density at radius 2 is 1.48 bits per heavy atom. The van der Waals surface area contributed by atoms with Gasteiger partial charge in [-0.15, -0.1) is 0 Å². The first-order chi connectivity index (χ1) is 10.1. The third-order valence-corrected chi connectivity index (χ3v) is 2.73. The van der Waals surface area contributed by atoms with Crippen molar-refractivity contribution in [2.45, 2.75) is 6.92 Å². The number of carbonyl (C=O) groups is 2. The summed E-state index contributed by atoms with van der Waals surface area (Å²) in [6.07, 6.45) is 0. The summed E-state index contributed by atoms with van der Waals surface area (Å²) in [6, 6.07) is 13.4. The largest absolute Gasteiger partial charge is 0.497 e. The summed E-state index contributed by atoms with van der Waals surface area (Å²) >= 11 is 0. The van der Waals surface area contributed by atoms with Crippen molar-refractivity contribution < 1.29 is 19.1 Å². The molecule has 0 fully saturated rings. The fourth-order valence-electron chi connectivity index (χ4n) is 1.72. The van der Waals surface area contributed by atoms with Gasteiger partial charge in [0.15, 0.2) is 0 Å². The highest BCUT2D eigenvalue weighted by Crippen LogP contribution is 2.17. The Bertz CT molecular complexity index is 632. The molecule has 0 saturated heterocycles. The van der Waals surface area contributed by atoms with E-state index in [0.29, 0.717) is 17.0 Å². The number of benzene rings is 2. The predicted molar refractivity (Wildman–Crippen MR) is 78.7 cm³/mol. The number of nitrogens with one attached hydrogen (secondary N) is 1. The maximum Gasteiger partial charge on any atom is 0.308 e. The van der Waals surface area contributed by atoms with Crippen molar-refractivity contribution in [2.75, 3.05) is 12.4 Å². The number of hydrogen-bond donors (Lipinski definition) is 1. The van der Waals surface area contributed by atoms with E-state index in [-0.39, 0.29) is 5.91 Å². The van der Waals surface area contributed by atoms with Gasteiger partial charge in [0.05, 0.1) is 7.11 Å². The van der Waals surface area contributed by atoms with Crippen LogP contribution in [0.3, 0.4) is 0 Å². The van der Waals surface area contributed by atoms with Crippen LogP contribution in [0.2, 0.25) is 0 Å². The molecule has 1 N–H and O–H groups in total. The smallest absolute Gasteiger partial charge is 0.308 e. The fraction of sp³-hybridized carbons (Fsp3) is 0.125. The lowest BCUT2D eigenvalue weighted by atomic mass is 10.2. The average molecular weight is 285 g/mol. The minimum Gasteiger partial charge on any atom is -0.497 e. The molecule has 0 aliphatic carbocycles. The maximum absolute atomic E-state index is 12.1. The van der Waals surface area contributed by atoms with Gasteiger partial charge in [0.1, 0.15) is 11.5 Å². The van der Waals surface area contributed by atoms with Gasteiger partial charge in [0.2, 0.25) is 0 Å². The summed E-state index contributed by atoms with van der Waals surface area (Å²) in [5.41, 5.74) is 1.14. The van der Waals surface area contributed by atoms with Crippen molar-refractivity contribution in [2.24, 2.45) is 0 Å². The molecule has 0 saturated carbocycles. The zero-order chi connectivity index (χ0) is 15.2. The normalized spacial score (nSPS) is 9.81. The molecular weight excluding hydrogens is 270 g/mol. The Labute approximate surface area is 122 Å². The van der Waals surface area contributed by atoms with E-state index >= 15 is 0 Å². The Hall–Kier alpha value is -2.82. The van der Waals surface area contributed by atoms with E-state index in [1.807, 2.05) is 0 Å². The van der Waals surface area contributed by atoms with Crippen LogP contribution in [0.4, 0.5) is 5.69 Å². The van der Waals surface area contributed by atoms with E-state index in [1.165, 1.54) is 6.92 Å². The quantitative estimate of drug-likeness (QED) is 0.693. The Kier molecular flexibility index (Phi) is 4.56. The molecule has 2 aromatic rings. The molecule has 108 valence electrons. The van der Waals surface area contributed by atoms with Gasteiger partial charge in [-0.2, -0.15) is 0 Å². The number of anilines is 1. The average Bonchev–Trinajstić information content (AvgIpc) is 2.48. The van der Waals surface area contributed by atoms with Crippen LogP contribution in [0.5, 0.6) is 11.5 Å². The molecule has 0 aliphatic rings. The lowest BCUT2D eigenvalue weighted by molar-refractivity contribution is -0.131. The third-order valence-electron chi connectivity index (χ3n) is 2.73. The number of carbonyl (C=O) groups excluding carboxylic acids is 2. The molecule has 1 amide bonds. The molecule has 0 heterocycles. The van der Waals surface area contributed by atoms with E-state index in [2.05, 4.69) is 5.32 Å². The van der Waals surface area contributed by atoms with E-state index in [4.69, 9.17) is 9.47 Å². The predicted octanol–water partition coefficient (Wildman–Crippen LogP) is 2.87. The van der Waals surface area contributed by atoms with Gasteiger partial charge in [-0.05, 0) is 48.5 Å². The third kappa shape index (κ3) is 4.07. The lowest BCUT2D eigenvalue weighted by Crippen LogP contribution is -2.11. The van der Waals surface area contributed by atoms with Crippen molar-refractivity contribution in [1.82, 2.24) is 0 Å². The van der Waals surface area contributed by atoms with Gasteiger partial charge in [0, 0.05) is 18.2 Å². The fourth-order valence-corrected chi connectivity index (χ4v) is 1.72. The molecule has 5 heteroatoms. The number of hydrogen-bond acceptors (Lipinski definition) is 4. The molecule has 0 unspecified atom stereocenters. The molecule has 2 aromatic carbocycles. The minimum atomic E-state index is -0.398. The summed E-state index contributed by atoms with van der Waals surface area (Å²) in [7, 11) is 1.58. The van der Waals surface area contributed by atoms with Crippen LogP contribution in [0.15, 0.2) is 48.5 Å². The van der Waals surface area contributed by atoms with Crippen LogP contribution in [-0.4, -0.2) is 19.0 Å².